The minimum absolute atomic E-state index is 0.0418. The normalized spacial score (nSPS) is 23.6. The number of allylic oxidation sites excluding steroid dienone is 2. The van der Waals surface area contributed by atoms with Gasteiger partial charge in [0, 0.05) is 26.1 Å². The summed E-state index contributed by atoms with van der Waals surface area (Å²) in [4.78, 5) is 71.6. The lowest BCUT2D eigenvalue weighted by molar-refractivity contribution is -0.129. The highest BCUT2D eigenvalue weighted by molar-refractivity contribution is 6.03. The van der Waals surface area contributed by atoms with E-state index in [1.807, 2.05) is 6.08 Å². The van der Waals surface area contributed by atoms with Gasteiger partial charge in [0.15, 0.2) is 12.2 Å². The molecule has 2 aliphatic rings. The molecule has 0 N–H and O–H groups in total. The first-order valence-electron chi connectivity index (χ1n) is 11.5. The number of isocyanates is 1. The Morgan fingerprint density at radius 1 is 1.09 bits per heavy atom. The molecule has 0 saturated heterocycles. The van der Waals surface area contributed by atoms with Gasteiger partial charge in [-0.25, -0.2) is 24.3 Å². The average Bonchev–Trinajstić information content (AvgIpc) is 2.84. The van der Waals surface area contributed by atoms with E-state index >= 15 is 0 Å². The van der Waals surface area contributed by atoms with Crippen LogP contribution in [0.3, 0.4) is 0 Å². The molecule has 10 nitrogen and oxygen atoms in total. The summed E-state index contributed by atoms with van der Waals surface area (Å²) >= 11 is 0. The van der Waals surface area contributed by atoms with Crippen LogP contribution in [0.1, 0.15) is 64.2 Å². The number of aliphatic imine (C=N–C) groups is 2. The van der Waals surface area contributed by atoms with Gasteiger partial charge in [0.25, 0.3) is 0 Å². The average molecular weight is 461 g/mol. The molecule has 0 fully saturated rings. The number of rotatable bonds is 6. The Morgan fingerprint density at radius 2 is 1.94 bits per heavy atom. The van der Waals surface area contributed by atoms with Crippen LogP contribution in [0.25, 0.3) is 0 Å². The molecule has 0 radical (unpaired) electrons. The fourth-order valence-electron chi connectivity index (χ4n) is 3.80. The molecule has 0 aromatic heterocycles. The lowest BCUT2D eigenvalue weighted by Crippen LogP contribution is -2.53. The third-order valence-corrected chi connectivity index (χ3v) is 5.56. The zero-order chi connectivity index (χ0) is 23.9. The van der Waals surface area contributed by atoms with Crippen molar-refractivity contribution in [2.75, 3.05) is 26.2 Å². The van der Waals surface area contributed by atoms with E-state index in [9.17, 15) is 24.0 Å². The van der Waals surface area contributed by atoms with Gasteiger partial charge in [0.2, 0.25) is 6.08 Å². The molecule has 0 aromatic rings. The number of carbonyl (C=O) groups is 4. The molecule has 1 heterocycles. The van der Waals surface area contributed by atoms with Crippen molar-refractivity contribution in [1.82, 2.24) is 9.80 Å². The topological polar surface area (TPSA) is 126 Å². The smallest absolute Gasteiger partial charge is 0.398 e. The molecule has 1 aliphatic heterocycles. The predicted octanol–water partition coefficient (Wildman–Crippen LogP) is 3.20. The summed E-state index contributed by atoms with van der Waals surface area (Å²) in [5, 5.41) is 0. The molecule has 1 aliphatic carbocycles. The lowest BCUT2D eigenvalue weighted by atomic mass is 9.98. The van der Waals surface area contributed by atoms with Crippen LogP contribution < -0.4 is 0 Å². The third kappa shape index (κ3) is 9.10. The Kier molecular flexibility index (Phi) is 11.7. The quantitative estimate of drug-likeness (QED) is 0.197. The molecule has 0 spiro atoms. The molecule has 0 saturated carbocycles. The van der Waals surface area contributed by atoms with E-state index in [-0.39, 0.29) is 44.0 Å². The van der Waals surface area contributed by atoms with Crippen LogP contribution in [-0.4, -0.2) is 78.2 Å². The first kappa shape index (κ1) is 26.1. The van der Waals surface area contributed by atoms with Crippen molar-refractivity contribution in [2.45, 2.75) is 70.3 Å². The van der Waals surface area contributed by atoms with Crippen molar-refractivity contribution in [3.05, 3.63) is 12.2 Å². The van der Waals surface area contributed by atoms with Gasteiger partial charge in [-0.3, -0.25) is 14.6 Å². The Labute approximate surface area is 193 Å². The van der Waals surface area contributed by atoms with E-state index in [1.54, 1.807) is 6.08 Å². The van der Waals surface area contributed by atoms with Crippen molar-refractivity contribution < 1.29 is 28.7 Å². The molecule has 1 atom stereocenters. The monoisotopic (exact) mass is 460 g/mol. The summed E-state index contributed by atoms with van der Waals surface area (Å²) in [6, 6.07) is -1.40. The summed E-state index contributed by atoms with van der Waals surface area (Å²) < 4.78 is 5.03. The number of carbonyl (C=O) groups excluding carboxylic acids is 5. The fourth-order valence-corrected chi connectivity index (χ4v) is 3.80. The van der Waals surface area contributed by atoms with Crippen LogP contribution in [0.5, 0.6) is 0 Å². The molecular weight excluding hydrogens is 428 g/mol. The van der Waals surface area contributed by atoms with Gasteiger partial charge in [-0.05, 0) is 44.9 Å². The summed E-state index contributed by atoms with van der Waals surface area (Å²) in [6.45, 7) is 0.987. The van der Waals surface area contributed by atoms with Crippen molar-refractivity contribution >= 4 is 36.2 Å². The Balaban J connectivity index is 2.26. The largest absolute Gasteiger partial charge is 0.424 e. The SMILES string of the molecule is O=C=NCCCCN1C(=O)O/C=N\CCCCN(C2CCCC/C=C\CC(=O)CC2=O)C1=O. The number of cyclic esters (lactones) is 1. The van der Waals surface area contributed by atoms with E-state index in [2.05, 4.69) is 9.98 Å². The predicted molar refractivity (Wildman–Crippen MR) is 121 cm³/mol. The van der Waals surface area contributed by atoms with Crippen LogP contribution in [-0.2, 0) is 19.1 Å². The van der Waals surface area contributed by atoms with Gasteiger partial charge in [-0.15, -0.1) is 0 Å². The summed E-state index contributed by atoms with van der Waals surface area (Å²) in [7, 11) is 0. The van der Waals surface area contributed by atoms with E-state index < -0.39 is 18.2 Å². The number of hydrogen-bond acceptors (Lipinski definition) is 8. The molecule has 180 valence electrons. The molecule has 1 unspecified atom stereocenters. The summed E-state index contributed by atoms with van der Waals surface area (Å²) in [5.41, 5.74) is 0. The van der Waals surface area contributed by atoms with Gasteiger partial charge >= 0.3 is 12.1 Å². The number of amides is 3. The van der Waals surface area contributed by atoms with Crippen molar-refractivity contribution in [3.8, 4) is 0 Å². The van der Waals surface area contributed by atoms with Gasteiger partial charge < -0.3 is 9.64 Å². The van der Waals surface area contributed by atoms with E-state index in [4.69, 9.17) is 4.74 Å². The van der Waals surface area contributed by atoms with Crippen LogP contribution in [0.4, 0.5) is 9.59 Å². The van der Waals surface area contributed by atoms with Gasteiger partial charge in [0.1, 0.15) is 5.78 Å². The Morgan fingerprint density at radius 3 is 2.76 bits per heavy atom. The minimum Gasteiger partial charge on any atom is -0.398 e. The Hall–Kier alpha value is -3.13. The number of ether oxygens (including phenoxy) is 1. The number of ketones is 2. The number of urea groups is 1. The summed E-state index contributed by atoms with van der Waals surface area (Å²) in [6.07, 6.45) is 10.3. The molecule has 33 heavy (non-hydrogen) atoms. The van der Waals surface area contributed by atoms with Crippen molar-refractivity contribution in [2.24, 2.45) is 9.98 Å². The van der Waals surface area contributed by atoms with Crippen LogP contribution in [0.2, 0.25) is 0 Å². The van der Waals surface area contributed by atoms with Crippen LogP contribution >= 0.6 is 0 Å². The highest BCUT2D eigenvalue weighted by atomic mass is 16.6. The molecule has 10 heteroatoms. The van der Waals surface area contributed by atoms with E-state index in [0.29, 0.717) is 38.6 Å². The highest BCUT2D eigenvalue weighted by Gasteiger charge is 2.35. The first-order chi connectivity index (χ1) is 16.0. The zero-order valence-corrected chi connectivity index (χ0v) is 18.9. The number of unbranched alkanes of at least 4 members (excludes halogenated alkanes) is 1. The lowest BCUT2D eigenvalue weighted by Gasteiger charge is -2.34. The van der Waals surface area contributed by atoms with Crippen molar-refractivity contribution in [3.63, 3.8) is 0 Å². The van der Waals surface area contributed by atoms with Gasteiger partial charge in [-0.1, -0.05) is 18.6 Å². The van der Waals surface area contributed by atoms with Gasteiger partial charge in [-0.2, -0.15) is 0 Å². The number of Topliss-reactive ketones (excluding diaryl/α,β-unsaturated/α-hetero) is 2. The second-order valence-corrected chi connectivity index (χ2v) is 8.07. The first-order valence-corrected chi connectivity index (χ1v) is 11.5. The molecule has 0 bridgehead atoms. The number of hydrogen-bond donors (Lipinski definition) is 0. The molecular formula is C23H32N4O6. The van der Waals surface area contributed by atoms with E-state index in [1.165, 1.54) is 11.0 Å². The fraction of sp³-hybridized carbons (Fsp3) is 0.652. The summed E-state index contributed by atoms with van der Waals surface area (Å²) in [5.74, 6) is -0.489. The number of nitrogens with zero attached hydrogens (tertiary/aromatic N) is 4. The standard InChI is InChI=1S/C23H32N4O6/c28-17-24-12-6-9-15-27-22(31)26(14-8-7-13-25-18-33-23(27)32)20-11-5-3-1-2-4-10-19(29)16-21(20)30/h2,4,18,20H,1,3,5-16H2/b4-2-,25-18-. The third-order valence-electron chi connectivity index (χ3n) is 5.56. The van der Waals surface area contributed by atoms with E-state index in [0.717, 1.165) is 30.6 Å². The van der Waals surface area contributed by atoms with Crippen LogP contribution in [0.15, 0.2) is 22.1 Å². The maximum atomic E-state index is 13.5. The zero-order valence-electron chi connectivity index (χ0n) is 18.9. The second kappa shape index (κ2) is 14.8. The van der Waals surface area contributed by atoms with Gasteiger partial charge in [0.05, 0.1) is 19.0 Å². The molecule has 2 rings (SSSR count). The van der Waals surface area contributed by atoms with Crippen LogP contribution in [0, 0.1) is 0 Å². The Bertz CT molecular complexity index is 803. The second-order valence-electron chi connectivity index (χ2n) is 8.07. The maximum Gasteiger partial charge on any atom is 0.424 e. The number of imide groups is 1. The maximum absolute atomic E-state index is 13.5. The minimum atomic E-state index is -0.876. The molecule has 0 aromatic carbocycles. The highest BCUT2D eigenvalue weighted by Crippen LogP contribution is 2.19. The van der Waals surface area contributed by atoms with Crippen molar-refractivity contribution in [1.29, 1.82) is 0 Å². The molecule has 3 amide bonds.